The van der Waals surface area contributed by atoms with E-state index in [1.54, 1.807) is 0 Å². The van der Waals surface area contributed by atoms with E-state index >= 15 is 0 Å². The van der Waals surface area contributed by atoms with Gasteiger partial charge in [-0.1, -0.05) is 12.1 Å². The SMILES string of the molecule is O=C(C1CC1)N1CCCC(OCc2cccc(F)c2F)C1. The molecular weight excluding hydrogens is 276 g/mol. The normalized spacial score (nSPS) is 22.4. The molecule has 2 aliphatic rings. The average molecular weight is 295 g/mol. The maximum Gasteiger partial charge on any atom is 0.225 e. The van der Waals surface area contributed by atoms with Gasteiger partial charge in [0.1, 0.15) is 0 Å². The minimum Gasteiger partial charge on any atom is -0.372 e. The molecule has 0 aromatic heterocycles. The lowest BCUT2D eigenvalue weighted by molar-refractivity contribution is -0.137. The Labute approximate surface area is 122 Å². The van der Waals surface area contributed by atoms with Crippen LogP contribution in [0.3, 0.4) is 0 Å². The molecule has 1 saturated carbocycles. The number of hydrogen-bond donors (Lipinski definition) is 0. The van der Waals surface area contributed by atoms with Crippen molar-refractivity contribution >= 4 is 5.91 Å². The molecule has 114 valence electrons. The van der Waals surface area contributed by atoms with E-state index in [0.717, 1.165) is 38.3 Å². The minimum absolute atomic E-state index is 0.0414. The van der Waals surface area contributed by atoms with Crippen molar-refractivity contribution in [1.29, 1.82) is 0 Å². The fraction of sp³-hybridized carbons (Fsp3) is 0.562. The highest BCUT2D eigenvalue weighted by molar-refractivity contribution is 5.81. The van der Waals surface area contributed by atoms with E-state index in [9.17, 15) is 13.6 Å². The Hall–Kier alpha value is -1.49. The van der Waals surface area contributed by atoms with Crippen LogP contribution in [0.4, 0.5) is 8.78 Å². The Morgan fingerprint density at radius 2 is 2.10 bits per heavy atom. The highest BCUT2D eigenvalue weighted by atomic mass is 19.2. The first-order valence-electron chi connectivity index (χ1n) is 7.48. The molecule has 0 bridgehead atoms. The van der Waals surface area contributed by atoms with Gasteiger partial charge in [-0.3, -0.25) is 4.79 Å². The second-order valence-corrected chi connectivity index (χ2v) is 5.85. The quantitative estimate of drug-likeness (QED) is 0.855. The summed E-state index contributed by atoms with van der Waals surface area (Å²) in [5.41, 5.74) is 0.223. The van der Waals surface area contributed by atoms with Gasteiger partial charge in [0.25, 0.3) is 0 Å². The third-order valence-corrected chi connectivity index (χ3v) is 4.12. The van der Waals surface area contributed by atoms with E-state index in [2.05, 4.69) is 0 Å². The Balaban J connectivity index is 1.55. The first-order chi connectivity index (χ1) is 10.1. The van der Waals surface area contributed by atoms with Gasteiger partial charge in [0, 0.05) is 24.6 Å². The molecule has 5 heteroatoms. The number of hydrogen-bond acceptors (Lipinski definition) is 2. The van der Waals surface area contributed by atoms with Gasteiger partial charge in [-0.2, -0.15) is 0 Å². The number of rotatable bonds is 4. The molecular formula is C16H19F2NO2. The molecule has 1 aliphatic heterocycles. The number of benzene rings is 1. The molecule has 1 unspecified atom stereocenters. The van der Waals surface area contributed by atoms with E-state index in [1.165, 1.54) is 12.1 Å². The van der Waals surface area contributed by atoms with Crippen molar-refractivity contribution in [3.8, 4) is 0 Å². The fourth-order valence-corrected chi connectivity index (χ4v) is 2.73. The van der Waals surface area contributed by atoms with Gasteiger partial charge in [-0.05, 0) is 31.7 Å². The predicted molar refractivity (Wildman–Crippen MR) is 73.5 cm³/mol. The summed E-state index contributed by atoms with van der Waals surface area (Å²) in [6.45, 7) is 1.38. The molecule has 0 spiro atoms. The second kappa shape index (κ2) is 6.10. The summed E-state index contributed by atoms with van der Waals surface area (Å²) in [5, 5.41) is 0. The molecule has 1 aliphatic carbocycles. The van der Waals surface area contributed by atoms with Crippen LogP contribution in [0.2, 0.25) is 0 Å². The van der Waals surface area contributed by atoms with Crippen LogP contribution < -0.4 is 0 Å². The van der Waals surface area contributed by atoms with Crippen molar-refractivity contribution < 1.29 is 18.3 Å². The minimum atomic E-state index is -0.856. The Morgan fingerprint density at radius 1 is 1.29 bits per heavy atom. The molecule has 3 nitrogen and oxygen atoms in total. The smallest absolute Gasteiger partial charge is 0.225 e. The van der Waals surface area contributed by atoms with Crippen LogP contribution >= 0.6 is 0 Å². The van der Waals surface area contributed by atoms with E-state index < -0.39 is 11.6 Å². The first-order valence-corrected chi connectivity index (χ1v) is 7.48. The van der Waals surface area contributed by atoms with Crippen molar-refractivity contribution in [2.45, 2.75) is 38.4 Å². The second-order valence-electron chi connectivity index (χ2n) is 5.85. The molecule has 3 rings (SSSR count). The molecule has 1 aromatic carbocycles. The lowest BCUT2D eigenvalue weighted by Gasteiger charge is -2.32. The van der Waals surface area contributed by atoms with E-state index in [0.29, 0.717) is 6.54 Å². The Bertz CT molecular complexity index is 531. The van der Waals surface area contributed by atoms with Crippen LogP contribution in [-0.2, 0) is 16.1 Å². The van der Waals surface area contributed by atoms with Gasteiger partial charge in [-0.25, -0.2) is 8.78 Å². The largest absolute Gasteiger partial charge is 0.372 e. The summed E-state index contributed by atoms with van der Waals surface area (Å²) in [6.07, 6.45) is 3.65. The zero-order valence-electron chi connectivity index (χ0n) is 11.9. The summed E-state index contributed by atoms with van der Waals surface area (Å²) in [6, 6.07) is 4.09. The number of carbonyl (C=O) groups excluding carboxylic acids is 1. The average Bonchev–Trinajstić information content (AvgIpc) is 3.33. The number of piperidine rings is 1. The van der Waals surface area contributed by atoms with Crippen LogP contribution in [0, 0.1) is 17.6 Å². The van der Waals surface area contributed by atoms with Crippen molar-refractivity contribution in [3.05, 3.63) is 35.4 Å². The summed E-state index contributed by atoms with van der Waals surface area (Å²) in [5.74, 6) is -1.27. The Kier molecular flexibility index (Phi) is 4.19. The van der Waals surface area contributed by atoms with Gasteiger partial charge in [0.15, 0.2) is 11.6 Å². The van der Waals surface area contributed by atoms with Crippen LogP contribution in [0.1, 0.15) is 31.2 Å². The van der Waals surface area contributed by atoms with E-state index in [1.807, 2.05) is 4.90 Å². The topological polar surface area (TPSA) is 29.5 Å². The highest BCUT2D eigenvalue weighted by Crippen LogP contribution is 2.32. The summed E-state index contributed by atoms with van der Waals surface area (Å²) in [4.78, 5) is 13.9. The predicted octanol–water partition coefficient (Wildman–Crippen LogP) is 2.88. The molecule has 1 saturated heterocycles. The molecule has 1 aromatic rings. The third kappa shape index (κ3) is 3.40. The zero-order chi connectivity index (χ0) is 14.8. The molecule has 1 amide bonds. The summed E-state index contributed by atoms with van der Waals surface area (Å²) >= 11 is 0. The van der Waals surface area contributed by atoms with Crippen molar-refractivity contribution in [3.63, 3.8) is 0 Å². The summed E-state index contributed by atoms with van der Waals surface area (Å²) in [7, 11) is 0. The third-order valence-electron chi connectivity index (χ3n) is 4.12. The molecule has 21 heavy (non-hydrogen) atoms. The maximum absolute atomic E-state index is 13.6. The monoisotopic (exact) mass is 295 g/mol. The molecule has 1 atom stereocenters. The van der Waals surface area contributed by atoms with Crippen LogP contribution in [-0.4, -0.2) is 30.0 Å². The number of carbonyl (C=O) groups is 1. The van der Waals surface area contributed by atoms with Crippen molar-refractivity contribution in [2.24, 2.45) is 5.92 Å². The Morgan fingerprint density at radius 3 is 2.86 bits per heavy atom. The first kappa shape index (κ1) is 14.4. The van der Waals surface area contributed by atoms with Crippen LogP contribution in [0.5, 0.6) is 0 Å². The molecule has 0 radical (unpaired) electrons. The molecule has 0 N–H and O–H groups in total. The van der Waals surface area contributed by atoms with Gasteiger partial charge < -0.3 is 9.64 Å². The molecule has 1 heterocycles. The van der Waals surface area contributed by atoms with E-state index in [4.69, 9.17) is 4.74 Å². The number of halogens is 2. The van der Waals surface area contributed by atoms with Crippen LogP contribution in [0.25, 0.3) is 0 Å². The standard InChI is InChI=1S/C16H19F2NO2/c17-14-5-1-3-12(15(14)18)10-21-13-4-2-8-19(9-13)16(20)11-6-7-11/h1,3,5,11,13H,2,4,6-10H2. The number of likely N-dealkylation sites (tertiary alicyclic amines) is 1. The van der Waals surface area contributed by atoms with Gasteiger partial charge in [0.05, 0.1) is 12.7 Å². The van der Waals surface area contributed by atoms with Crippen LogP contribution in [0.15, 0.2) is 18.2 Å². The van der Waals surface area contributed by atoms with Crippen molar-refractivity contribution in [2.75, 3.05) is 13.1 Å². The van der Waals surface area contributed by atoms with E-state index in [-0.39, 0.29) is 30.1 Å². The maximum atomic E-state index is 13.6. The van der Waals surface area contributed by atoms with Crippen molar-refractivity contribution in [1.82, 2.24) is 4.90 Å². The number of ether oxygens (including phenoxy) is 1. The highest BCUT2D eigenvalue weighted by Gasteiger charge is 2.35. The lowest BCUT2D eigenvalue weighted by atomic mass is 10.1. The van der Waals surface area contributed by atoms with Gasteiger partial charge >= 0.3 is 0 Å². The van der Waals surface area contributed by atoms with Gasteiger partial charge in [0.2, 0.25) is 5.91 Å². The fourth-order valence-electron chi connectivity index (χ4n) is 2.73. The molecule has 2 fully saturated rings. The lowest BCUT2D eigenvalue weighted by Crippen LogP contribution is -2.43. The summed E-state index contributed by atoms with van der Waals surface area (Å²) < 4.78 is 32.4. The zero-order valence-corrected chi connectivity index (χ0v) is 11.9. The number of amides is 1. The van der Waals surface area contributed by atoms with Gasteiger partial charge in [-0.15, -0.1) is 0 Å². The number of nitrogens with zero attached hydrogens (tertiary/aromatic N) is 1.